The van der Waals surface area contributed by atoms with Crippen molar-refractivity contribution >= 4 is 52.2 Å². The molecule has 1 saturated heterocycles. The highest BCUT2D eigenvalue weighted by Crippen LogP contribution is 2.27. The summed E-state index contributed by atoms with van der Waals surface area (Å²) in [5.74, 6) is 1.51. The maximum Gasteiger partial charge on any atom is 0.248 e. The number of nitrogens with one attached hydrogen (secondary N) is 1. The van der Waals surface area contributed by atoms with E-state index in [1.165, 1.54) is 11.6 Å². The molecule has 0 radical (unpaired) electrons. The Labute approximate surface area is 206 Å². The maximum atomic E-state index is 12.4. The molecule has 1 aromatic heterocycles. The fourth-order valence-corrected chi connectivity index (χ4v) is 4.41. The van der Waals surface area contributed by atoms with E-state index in [1.807, 2.05) is 30.3 Å². The summed E-state index contributed by atoms with van der Waals surface area (Å²) in [4.78, 5) is 22.0. The van der Waals surface area contributed by atoms with Crippen LogP contribution in [0.4, 0.5) is 11.5 Å². The van der Waals surface area contributed by atoms with Crippen molar-refractivity contribution in [3.05, 3.63) is 65.7 Å². The second kappa shape index (κ2) is 10.8. The summed E-state index contributed by atoms with van der Waals surface area (Å²) in [6.45, 7) is 4.13. The third kappa shape index (κ3) is 5.79. The third-order valence-electron chi connectivity index (χ3n) is 6.28. The number of rotatable bonds is 7. The van der Waals surface area contributed by atoms with E-state index in [0.717, 1.165) is 59.5 Å². The van der Waals surface area contributed by atoms with Gasteiger partial charge in [-0.2, -0.15) is 0 Å². The van der Waals surface area contributed by atoms with Crippen molar-refractivity contribution in [3.8, 4) is 5.75 Å². The normalized spacial score (nSPS) is 14.6. The van der Waals surface area contributed by atoms with Crippen LogP contribution in [0.25, 0.3) is 17.0 Å². The van der Waals surface area contributed by atoms with Gasteiger partial charge in [0.2, 0.25) is 5.91 Å². The Balaban J connectivity index is 1.43. The lowest BCUT2D eigenvalue weighted by Gasteiger charge is -2.36. The first-order valence-electron chi connectivity index (χ1n) is 11.4. The third-order valence-corrected chi connectivity index (χ3v) is 6.38. The number of ether oxygens (including phenoxy) is 1. The molecule has 0 aliphatic carbocycles. The molecule has 4 rings (SSSR count). The number of anilines is 2. The first kappa shape index (κ1) is 23.9. The lowest BCUT2D eigenvalue weighted by Crippen LogP contribution is -2.42. The Kier molecular flexibility index (Phi) is 7.55. The summed E-state index contributed by atoms with van der Waals surface area (Å²) in [5, 5.41) is 3.99. The number of carbonyl (C=O) groups is 1. The first-order chi connectivity index (χ1) is 16.4. The SMILES string of the molecule is Cc1cc(N2CCC(N(C)C)CC2)nc2ccc(NC(=O)C=Cc3ccc(OC=S)cc3)cc12. The number of aromatic nitrogens is 1. The van der Waals surface area contributed by atoms with Crippen molar-refractivity contribution in [3.63, 3.8) is 0 Å². The Hall–Kier alpha value is -3.29. The number of pyridine rings is 1. The summed E-state index contributed by atoms with van der Waals surface area (Å²) in [6, 6.07) is 16.0. The van der Waals surface area contributed by atoms with Gasteiger partial charge >= 0.3 is 0 Å². The van der Waals surface area contributed by atoms with Crippen molar-refractivity contribution in [2.45, 2.75) is 25.8 Å². The molecular weight excluding hydrogens is 444 g/mol. The van der Waals surface area contributed by atoms with Gasteiger partial charge in [-0.25, -0.2) is 4.98 Å². The van der Waals surface area contributed by atoms with Crippen LogP contribution >= 0.6 is 12.2 Å². The predicted octanol–water partition coefficient (Wildman–Crippen LogP) is 5.06. The molecule has 0 spiro atoms. The summed E-state index contributed by atoms with van der Waals surface area (Å²) in [6.07, 6.45) is 5.57. The molecule has 2 heterocycles. The summed E-state index contributed by atoms with van der Waals surface area (Å²) in [7, 11) is 4.31. The number of carbonyl (C=O) groups excluding carboxylic acids is 1. The zero-order valence-electron chi connectivity index (χ0n) is 19.8. The van der Waals surface area contributed by atoms with Crippen molar-refractivity contribution in [1.29, 1.82) is 0 Å². The van der Waals surface area contributed by atoms with Crippen LogP contribution in [-0.4, -0.2) is 54.6 Å². The highest BCUT2D eigenvalue weighted by Gasteiger charge is 2.22. The van der Waals surface area contributed by atoms with Crippen LogP contribution in [0.2, 0.25) is 0 Å². The number of hydrogen-bond donors (Lipinski definition) is 1. The van der Waals surface area contributed by atoms with Gasteiger partial charge in [0.25, 0.3) is 0 Å². The lowest BCUT2D eigenvalue weighted by atomic mass is 10.0. The van der Waals surface area contributed by atoms with Crippen molar-refractivity contribution in [2.75, 3.05) is 37.4 Å². The number of thiocarbonyl (C=S) groups is 1. The maximum absolute atomic E-state index is 12.4. The van der Waals surface area contributed by atoms with Gasteiger partial charge in [-0.15, -0.1) is 0 Å². The molecule has 1 amide bonds. The number of aryl methyl sites for hydroxylation is 1. The minimum Gasteiger partial charge on any atom is -0.454 e. The second-order valence-electron chi connectivity index (χ2n) is 8.82. The molecule has 2 aromatic carbocycles. The zero-order chi connectivity index (χ0) is 24.1. The van der Waals surface area contributed by atoms with Crippen molar-refractivity contribution in [1.82, 2.24) is 9.88 Å². The molecule has 176 valence electrons. The summed E-state index contributed by atoms with van der Waals surface area (Å²) >= 11 is 4.68. The van der Waals surface area contributed by atoms with E-state index in [2.05, 4.69) is 54.4 Å². The fraction of sp³-hybridized carbons (Fsp3) is 0.296. The van der Waals surface area contributed by atoms with Crippen molar-refractivity contribution < 1.29 is 9.53 Å². The number of benzene rings is 2. The average Bonchev–Trinajstić information content (AvgIpc) is 2.84. The van der Waals surface area contributed by atoms with Gasteiger partial charge in [0.05, 0.1) is 5.52 Å². The van der Waals surface area contributed by atoms with Gasteiger partial charge < -0.3 is 19.9 Å². The largest absolute Gasteiger partial charge is 0.454 e. The molecule has 34 heavy (non-hydrogen) atoms. The molecule has 0 bridgehead atoms. The number of fused-ring (bicyclic) bond motifs is 1. The molecule has 7 heteroatoms. The van der Waals surface area contributed by atoms with Crippen LogP contribution in [0.3, 0.4) is 0 Å². The van der Waals surface area contributed by atoms with Crippen LogP contribution in [0, 0.1) is 6.92 Å². The Morgan fingerprint density at radius 3 is 2.56 bits per heavy atom. The molecular formula is C27H30N4O2S. The highest BCUT2D eigenvalue weighted by molar-refractivity contribution is 7.78. The zero-order valence-corrected chi connectivity index (χ0v) is 20.6. The smallest absolute Gasteiger partial charge is 0.248 e. The first-order valence-corrected chi connectivity index (χ1v) is 11.9. The molecule has 0 atom stereocenters. The van der Waals surface area contributed by atoms with E-state index in [-0.39, 0.29) is 5.91 Å². The van der Waals surface area contributed by atoms with Gasteiger partial charge in [-0.05, 0) is 99.7 Å². The molecule has 0 unspecified atom stereocenters. The molecule has 1 N–H and O–H groups in total. The van der Waals surface area contributed by atoms with Gasteiger partial charge in [-0.1, -0.05) is 12.1 Å². The van der Waals surface area contributed by atoms with Crippen LogP contribution in [0.5, 0.6) is 5.75 Å². The van der Waals surface area contributed by atoms with Gasteiger partial charge in [0.15, 0.2) is 5.55 Å². The second-order valence-corrected chi connectivity index (χ2v) is 9.01. The number of nitrogens with zero attached hydrogens (tertiary/aromatic N) is 3. The molecule has 3 aromatic rings. The molecule has 6 nitrogen and oxygen atoms in total. The van der Waals surface area contributed by atoms with E-state index in [0.29, 0.717) is 11.8 Å². The summed E-state index contributed by atoms with van der Waals surface area (Å²) < 4.78 is 5.14. The molecule has 1 aliphatic rings. The van der Waals surface area contributed by atoms with Crippen LogP contribution < -0.4 is 15.0 Å². The predicted molar refractivity (Wildman–Crippen MR) is 144 cm³/mol. The van der Waals surface area contributed by atoms with Crippen LogP contribution in [0.15, 0.2) is 54.6 Å². The monoisotopic (exact) mass is 474 g/mol. The van der Waals surface area contributed by atoms with E-state index >= 15 is 0 Å². The van der Waals surface area contributed by atoms with Gasteiger partial charge in [0.1, 0.15) is 11.6 Å². The fourth-order valence-electron chi connectivity index (χ4n) is 4.30. The lowest BCUT2D eigenvalue weighted by molar-refractivity contribution is -0.111. The Morgan fingerprint density at radius 1 is 1.15 bits per heavy atom. The van der Waals surface area contributed by atoms with E-state index in [4.69, 9.17) is 9.72 Å². The molecule has 0 saturated carbocycles. The van der Waals surface area contributed by atoms with Crippen molar-refractivity contribution in [2.24, 2.45) is 0 Å². The van der Waals surface area contributed by atoms with E-state index < -0.39 is 0 Å². The number of piperidine rings is 1. The van der Waals surface area contributed by atoms with E-state index in [1.54, 1.807) is 18.2 Å². The topological polar surface area (TPSA) is 57.7 Å². The minimum atomic E-state index is -0.190. The Morgan fingerprint density at radius 2 is 1.88 bits per heavy atom. The standard InChI is InChI=1S/C27H30N4O2S/c1-19-16-26(31-14-12-22(13-15-31)30(2)3)29-25-10-7-21(17-24(19)25)28-27(32)11-6-20-4-8-23(9-5-20)33-18-34/h4-11,16-18,22H,12-15H2,1-3H3,(H,28,32). The minimum absolute atomic E-state index is 0.190. The van der Waals surface area contributed by atoms with Gasteiger partial charge in [0, 0.05) is 36.3 Å². The highest BCUT2D eigenvalue weighted by atomic mass is 32.1. The van der Waals surface area contributed by atoms with Gasteiger partial charge in [-0.3, -0.25) is 4.79 Å². The summed E-state index contributed by atoms with van der Waals surface area (Å²) in [5.41, 5.74) is 4.95. The Bertz CT molecular complexity index is 1200. The van der Waals surface area contributed by atoms with Crippen LogP contribution in [-0.2, 0) is 4.79 Å². The quantitative estimate of drug-likeness (QED) is 0.382. The molecule has 1 aliphatic heterocycles. The number of hydrogen-bond acceptors (Lipinski definition) is 6. The van der Waals surface area contributed by atoms with E-state index in [9.17, 15) is 4.79 Å². The average molecular weight is 475 g/mol. The number of amides is 1. The van der Waals surface area contributed by atoms with Crippen LogP contribution in [0.1, 0.15) is 24.0 Å². The molecule has 1 fully saturated rings.